The van der Waals surface area contributed by atoms with E-state index in [2.05, 4.69) is 0 Å². The van der Waals surface area contributed by atoms with Crippen LogP contribution in [0.5, 0.6) is 5.75 Å². The number of carbonyl (C=O) groups is 6. The number of hydrogen-bond donors (Lipinski definition) is 7. The third-order valence-electron chi connectivity index (χ3n) is 9.79. The van der Waals surface area contributed by atoms with Crippen molar-refractivity contribution in [2.45, 2.75) is 154 Å². The molecule has 0 fully saturated rings. The smallest absolute Gasteiger partial charge is 0.307 e. The lowest BCUT2D eigenvalue weighted by Gasteiger charge is -2.33. The molecule has 1 heterocycles. The fourth-order valence-corrected chi connectivity index (χ4v) is 6.57. The van der Waals surface area contributed by atoms with Crippen LogP contribution in [-0.4, -0.2) is 96.0 Å². The molecule has 1 rings (SSSR count). The molecule has 0 amide bonds. The predicted octanol–water partition coefficient (Wildman–Crippen LogP) is 4.50. The van der Waals surface area contributed by atoms with Gasteiger partial charge in [0.05, 0.1) is 43.6 Å². The third kappa shape index (κ3) is 20.3. The number of pyridine rings is 1. The zero-order valence-electron chi connectivity index (χ0n) is 32.5. The van der Waals surface area contributed by atoms with Crippen molar-refractivity contribution >= 4 is 35.8 Å². The van der Waals surface area contributed by atoms with E-state index >= 15 is 0 Å². The number of hydrogen-bond acceptors (Lipinski definition) is 11. The molecule has 0 saturated carbocycles. The van der Waals surface area contributed by atoms with Gasteiger partial charge >= 0.3 is 35.8 Å². The first kappa shape index (κ1) is 48.7. The minimum atomic E-state index is -1.58. The van der Waals surface area contributed by atoms with Gasteiger partial charge in [-0.1, -0.05) is 59.3 Å². The second-order valence-corrected chi connectivity index (χ2v) is 14.8. The molecule has 0 aromatic carbocycles. The van der Waals surface area contributed by atoms with Crippen molar-refractivity contribution < 1.29 is 78.6 Å². The van der Waals surface area contributed by atoms with Gasteiger partial charge in [0.15, 0.2) is 18.0 Å². The quantitative estimate of drug-likeness (QED) is 0.0322. The molecule has 0 aliphatic rings. The standard InChI is InChI=1S/C39H61NO15/c1-5-6-12-25(3)37(55-36(49)22-28(39(52)53)20-34(46)47)32(54-35(48)21-27(38(50)51)19-33(44)45)18-24(2)17-29(41)13-9-7-8-10-15-31(43)26(4)40-16-11-14-30(42)23-40/h11,14,16,23-29,31-32,37,41,43H,5-10,12-13,15,17-22H2,1-4H3,(H4-,42,44,45,46,47,50,51,52,53)/p+1/t24-,25+,26-,27+,28+,29+,31-,32-,37+/m1/s1. The van der Waals surface area contributed by atoms with Crippen molar-refractivity contribution in [1.29, 1.82) is 0 Å². The van der Waals surface area contributed by atoms with E-state index in [-0.39, 0.29) is 30.6 Å². The molecule has 16 heteroatoms. The lowest BCUT2D eigenvalue weighted by molar-refractivity contribution is -0.727. The summed E-state index contributed by atoms with van der Waals surface area (Å²) in [5.41, 5.74) is 0. The van der Waals surface area contributed by atoms with E-state index in [9.17, 15) is 54.3 Å². The van der Waals surface area contributed by atoms with E-state index in [1.807, 2.05) is 13.8 Å². The summed E-state index contributed by atoms with van der Waals surface area (Å²) in [7, 11) is 0. The molecule has 0 aliphatic carbocycles. The number of esters is 2. The molecule has 55 heavy (non-hydrogen) atoms. The molecule has 0 aliphatic heterocycles. The summed E-state index contributed by atoms with van der Waals surface area (Å²) < 4.78 is 13.2. The highest BCUT2D eigenvalue weighted by Gasteiger charge is 2.37. The Morgan fingerprint density at radius 2 is 1.25 bits per heavy atom. The number of ether oxygens (including phenoxy) is 2. The van der Waals surface area contributed by atoms with Crippen LogP contribution in [0.15, 0.2) is 24.5 Å². The van der Waals surface area contributed by atoms with Gasteiger partial charge in [0, 0.05) is 13.0 Å². The number of aliphatic hydroxyl groups is 2. The Bertz CT molecular complexity index is 1370. The number of nitrogens with zero attached hydrogens (tertiary/aromatic N) is 1. The van der Waals surface area contributed by atoms with Gasteiger partial charge in [-0.3, -0.25) is 28.8 Å². The van der Waals surface area contributed by atoms with Crippen LogP contribution < -0.4 is 4.57 Å². The first-order valence-electron chi connectivity index (χ1n) is 19.2. The van der Waals surface area contributed by atoms with Gasteiger partial charge in [0.1, 0.15) is 18.3 Å². The van der Waals surface area contributed by atoms with Crippen LogP contribution in [0.4, 0.5) is 0 Å². The Morgan fingerprint density at radius 3 is 1.76 bits per heavy atom. The normalized spacial score (nSPS) is 16.3. The SMILES string of the molecule is CCCC[C@H](C)[C@H](OC(=O)C[C@H](CC(=O)O)C(=O)O)[C@@H](C[C@H](C)C[C@@H](O)CCCCCC[C@@H](O)[C@@H](C)[n+]1cccc(O)c1)OC(=O)C[C@H](CC(=O)O)C(=O)O. The number of aromatic hydroxyl groups is 1. The predicted molar refractivity (Wildman–Crippen MR) is 196 cm³/mol. The monoisotopic (exact) mass is 784 g/mol. The molecule has 1 aromatic rings. The molecule has 9 atom stereocenters. The Kier molecular flexibility index (Phi) is 22.8. The second-order valence-electron chi connectivity index (χ2n) is 14.8. The van der Waals surface area contributed by atoms with Crippen molar-refractivity contribution in [2.24, 2.45) is 23.7 Å². The van der Waals surface area contributed by atoms with Crippen LogP contribution in [0, 0.1) is 23.7 Å². The van der Waals surface area contributed by atoms with Crippen LogP contribution in [0.25, 0.3) is 0 Å². The summed E-state index contributed by atoms with van der Waals surface area (Å²) in [6.45, 7) is 7.35. The number of aliphatic carboxylic acids is 4. The molecule has 0 radical (unpaired) electrons. The highest BCUT2D eigenvalue weighted by Crippen LogP contribution is 2.29. The molecule has 0 unspecified atom stereocenters. The maximum atomic E-state index is 13.1. The molecular weight excluding hydrogens is 722 g/mol. The first-order chi connectivity index (χ1) is 25.8. The van der Waals surface area contributed by atoms with E-state index in [1.54, 1.807) is 42.9 Å². The minimum Gasteiger partial charge on any atom is -0.503 e. The Hall–Kier alpha value is -4.31. The largest absolute Gasteiger partial charge is 0.503 e. The van der Waals surface area contributed by atoms with E-state index in [4.69, 9.17) is 19.7 Å². The Labute approximate surface area is 322 Å². The number of carbonyl (C=O) groups excluding carboxylic acids is 2. The summed E-state index contributed by atoms with van der Waals surface area (Å²) in [5, 5.41) is 68.4. The van der Waals surface area contributed by atoms with Crippen LogP contribution in [0.3, 0.4) is 0 Å². The van der Waals surface area contributed by atoms with Gasteiger partial charge in [-0.2, -0.15) is 4.57 Å². The average Bonchev–Trinajstić information content (AvgIpc) is 3.09. The summed E-state index contributed by atoms with van der Waals surface area (Å²) in [6.07, 6.45) is 2.87. The fourth-order valence-electron chi connectivity index (χ4n) is 6.57. The third-order valence-corrected chi connectivity index (χ3v) is 9.79. The summed E-state index contributed by atoms with van der Waals surface area (Å²) in [5.74, 6) is -11.7. The number of aliphatic hydroxyl groups excluding tert-OH is 2. The fraction of sp³-hybridized carbons (Fsp3) is 0.718. The van der Waals surface area contributed by atoms with E-state index in [0.717, 1.165) is 25.7 Å². The van der Waals surface area contributed by atoms with Crippen molar-refractivity contribution in [3.8, 4) is 5.75 Å². The van der Waals surface area contributed by atoms with Gasteiger partial charge in [-0.25, -0.2) is 0 Å². The maximum Gasteiger partial charge on any atom is 0.307 e. The lowest BCUT2D eigenvalue weighted by atomic mass is 9.87. The zero-order chi connectivity index (χ0) is 41.7. The van der Waals surface area contributed by atoms with Crippen LogP contribution in [0.1, 0.15) is 130 Å². The van der Waals surface area contributed by atoms with E-state index < -0.39 is 104 Å². The highest BCUT2D eigenvalue weighted by molar-refractivity contribution is 5.83. The molecule has 7 N–H and O–H groups in total. The second kappa shape index (κ2) is 25.7. The topological polar surface area (TPSA) is 266 Å². The van der Waals surface area contributed by atoms with Crippen molar-refractivity contribution in [1.82, 2.24) is 0 Å². The Morgan fingerprint density at radius 1 is 0.709 bits per heavy atom. The zero-order valence-corrected chi connectivity index (χ0v) is 32.5. The summed E-state index contributed by atoms with van der Waals surface area (Å²) >= 11 is 0. The van der Waals surface area contributed by atoms with Gasteiger partial charge < -0.3 is 45.2 Å². The number of rotatable bonds is 30. The molecule has 1 aromatic heterocycles. The van der Waals surface area contributed by atoms with Gasteiger partial charge in [0.25, 0.3) is 0 Å². The number of carboxylic acids is 4. The number of carboxylic acid groups (broad SMARTS) is 4. The van der Waals surface area contributed by atoms with Crippen LogP contribution >= 0.6 is 0 Å². The minimum absolute atomic E-state index is 0.0542. The maximum absolute atomic E-state index is 13.1. The number of aromatic nitrogens is 1. The molecule has 0 spiro atoms. The highest BCUT2D eigenvalue weighted by atomic mass is 16.6. The van der Waals surface area contributed by atoms with E-state index in [1.165, 1.54) is 0 Å². The Balaban J connectivity index is 3.01. The molecule has 16 nitrogen and oxygen atoms in total. The van der Waals surface area contributed by atoms with Gasteiger partial charge in [-0.15, -0.1) is 0 Å². The van der Waals surface area contributed by atoms with Crippen molar-refractivity contribution in [2.75, 3.05) is 0 Å². The lowest BCUT2D eigenvalue weighted by Crippen LogP contribution is -2.43. The molecule has 312 valence electrons. The molecule has 0 bridgehead atoms. The van der Waals surface area contributed by atoms with Gasteiger partial charge in [-0.05, 0) is 50.0 Å². The summed E-state index contributed by atoms with van der Waals surface area (Å²) in [6, 6.07) is 3.03. The first-order valence-corrected chi connectivity index (χ1v) is 19.2. The van der Waals surface area contributed by atoms with Crippen LogP contribution in [0.2, 0.25) is 0 Å². The average molecular weight is 785 g/mol. The summed E-state index contributed by atoms with van der Waals surface area (Å²) in [4.78, 5) is 72.0. The molecular formula is C39H62NO15+. The van der Waals surface area contributed by atoms with Crippen molar-refractivity contribution in [3.05, 3.63) is 24.5 Å². The molecule has 0 saturated heterocycles. The van der Waals surface area contributed by atoms with E-state index in [0.29, 0.717) is 32.1 Å². The number of unbranched alkanes of at least 4 members (excludes halogenated alkanes) is 4. The van der Waals surface area contributed by atoms with Gasteiger partial charge in [0.2, 0.25) is 6.20 Å². The van der Waals surface area contributed by atoms with Crippen molar-refractivity contribution in [3.63, 3.8) is 0 Å². The van der Waals surface area contributed by atoms with Crippen LogP contribution in [-0.2, 0) is 38.2 Å².